The van der Waals surface area contributed by atoms with Crippen molar-refractivity contribution in [2.75, 3.05) is 6.54 Å². The summed E-state index contributed by atoms with van der Waals surface area (Å²) in [4.78, 5) is 12.1. The zero-order chi connectivity index (χ0) is 22.3. The lowest BCUT2D eigenvalue weighted by Gasteiger charge is -2.09. The molecule has 3 rings (SSSR count). The molecule has 166 valence electrons. The smallest absolute Gasteiger partial charge is 0.354 e. The van der Waals surface area contributed by atoms with E-state index in [0.29, 0.717) is 18.5 Å². The highest BCUT2D eigenvalue weighted by Gasteiger charge is 2.42. The third-order valence-electron chi connectivity index (χ3n) is 4.60. The number of hydrogen-bond acceptors (Lipinski definition) is 3. The highest BCUT2D eigenvalue weighted by atomic mass is 35.5. The Morgan fingerprint density at radius 1 is 1.17 bits per heavy atom. The molecule has 0 atom stereocenters. The molecule has 30 heavy (non-hydrogen) atoms. The Morgan fingerprint density at radius 3 is 2.37 bits per heavy atom. The molecule has 0 unspecified atom stereocenters. The van der Waals surface area contributed by atoms with Crippen LogP contribution < -0.4 is 5.32 Å². The average molecular weight is 458 g/mol. The minimum absolute atomic E-state index is 0.110. The average Bonchev–Trinajstić information content (AvgIpc) is 3.28. The molecule has 1 saturated carbocycles. The van der Waals surface area contributed by atoms with Gasteiger partial charge in [0.1, 0.15) is 6.54 Å². The van der Waals surface area contributed by atoms with E-state index in [2.05, 4.69) is 15.5 Å². The molecule has 1 amide bonds. The Kier molecular flexibility index (Phi) is 6.08. The number of aryl methyl sites for hydroxylation is 2. The normalized spacial score (nSPS) is 14.9. The number of nitrogens with one attached hydrogen (secondary N) is 1. The molecule has 0 spiro atoms. The lowest BCUT2D eigenvalue weighted by Crippen LogP contribution is -2.30. The van der Waals surface area contributed by atoms with Crippen molar-refractivity contribution in [1.82, 2.24) is 24.9 Å². The Labute approximate surface area is 172 Å². The predicted molar refractivity (Wildman–Crippen MR) is 93.8 cm³/mol. The molecule has 13 heteroatoms. The fourth-order valence-electron chi connectivity index (χ4n) is 3.03. The fraction of sp³-hybridized carbons (Fsp3) is 0.588. The van der Waals surface area contributed by atoms with Crippen LogP contribution in [-0.2, 0) is 30.2 Å². The topological polar surface area (TPSA) is 64.7 Å². The molecule has 0 aromatic carbocycles. The summed E-state index contributed by atoms with van der Waals surface area (Å²) >= 11 is 5.85. The van der Waals surface area contributed by atoms with Crippen LogP contribution in [0.5, 0.6) is 0 Å². The van der Waals surface area contributed by atoms with E-state index in [0.717, 1.165) is 10.7 Å². The maximum Gasteiger partial charge on any atom is 0.436 e. The number of aromatic nitrogens is 4. The summed E-state index contributed by atoms with van der Waals surface area (Å²) in [5.74, 6) is -0.725. The van der Waals surface area contributed by atoms with Crippen LogP contribution in [0.15, 0.2) is 6.07 Å². The van der Waals surface area contributed by atoms with Gasteiger partial charge in [-0.25, -0.2) is 0 Å². The second-order valence-corrected chi connectivity index (χ2v) is 7.45. The minimum Gasteiger partial charge on any atom is -0.354 e. The van der Waals surface area contributed by atoms with Crippen LogP contribution in [0.2, 0.25) is 5.02 Å². The lowest BCUT2D eigenvalue weighted by molar-refractivity contribution is -0.142. The summed E-state index contributed by atoms with van der Waals surface area (Å²) in [5.41, 5.74) is -1.68. The van der Waals surface area contributed by atoms with Crippen LogP contribution in [0, 0.1) is 6.92 Å². The van der Waals surface area contributed by atoms with Gasteiger partial charge in [-0.05, 0) is 32.3 Å². The van der Waals surface area contributed by atoms with Crippen LogP contribution in [0.3, 0.4) is 0 Å². The summed E-state index contributed by atoms with van der Waals surface area (Å²) in [6, 6.07) is 0.928. The van der Waals surface area contributed by atoms with Crippen molar-refractivity contribution >= 4 is 17.5 Å². The quantitative estimate of drug-likeness (QED) is 0.501. The first-order valence-electron chi connectivity index (χ1n) is 9.09. The molecule has 0 aliphatic heterocycles. The number of alkyl halides is 6. The molecule has 0 radical (unpaired) electrons. The number of nitrogens with zero attached hydrogens (tertiary/aromatic N) is 4. The predicted octanol–water partition coefficient (Wildman–Crippen LogP) is 4.16. The molecule has 6 nitrogen and oxygen atoms in total. The number of carbonyl (C=O) groups is 1. The summed E-state index contributed by atoms with van der Waals surface area (Å²) in [5, 5.41) is 9.00. The Bertz CT molecular complexity index is 928. The van der Waals surface area contributed by atoms with Gasteiger partial charge >= 0.3 is 12.4 Å². The zero-order valence-corrected chi connectivity index (χ0v) is 16.5. The van der Waals surface area contributed by atoms with Gasteiger partial charge in [0.05, 0.1) is 10.7 Å². The molecule has 2 aromatic rings. The van der Waals surface area contributed by atoms with Crippen molar-refractivity contribution in [3.8, 4) is 0 Å². The summed E-state index contributed by atoms with van der Waals surface area (Å²) in [7, 11) is 0. The summed E-state index contributed by atoms with van der Waals surface area (Å²) in [6.07, 6.45) is -7.63. The van der Waals surface area contributed by atoms with Crippen molar-refractivity contribution in [2.24, 2.45) is 0 Å². The van der Waals surface area contributed by atoms with E-state index >= 15 is 0 Å². The fourth-order valence-corrected chi connectivity index (χ4v) is 3.42. The van der Waals surface area contributed by atoms with E-state index in [1.807, 2.05) is 0 Å². The van der Waals surface area contributed by atoms with E-state index in [4.69, 9.17) is 11.6 Å². The highest BCUT2D eigenvalue weighted by molar-refractivity contribution is 6.32. The highest BCUT2D eigenvalue weighted by Crippen LogP contribution is 2.46. The number of rotatable bonds is 7. The Morgan fingerprint density at radius 2 is 1.83 bits per heavy atom. The molecule has 1 fully saturated rings. The van der Waals surface area contributed by atoms with Gasteiger partial charge in [-0.15, -0.1) is 0 Å². The van der Waals surface area contributed by atoms with Crippen LogP contribution in [0.1, 0.15) is 48.0 Å². The summed E-state index contributed by atoms with van der Waals surface area (Å²) < 4.78 is 79.3. The molecule has 0 saturated heterocycles. The van der Waals surface area contributed by atoms with Gasteiger partial charge in [0.25, 0.3) is 0 Å². The monoisotopic (exact) mass is 457 g/mol. The molecular formula is C17H18ClF6N5O. The second kappa shape index (κ2) is 8.12. The van der Waals surface area contributed by atoms with Gasteiger partial charge in [0.15, 0.2) is 11.4 Å². The van der Waals surface area contributed by atoms with Gasteiger partial charge in [-0.1, -0.05) is 11.6 Å². The van der Waals surface area contributed by atoms with Gasteiger partial charge in [0.2, 0.25) is 5.91 Å². The lowest BCUT2D eigenvalue weighted by atomic mass is 10.2. The molecule has 1 aliphatic carbocycles. The third kappa shape index (κ3) is 5.08. The van der Waals surface area contributed by atoms with Gasteiger partial charge in [-0.2, -0.15) is 36.5 Å². The van der Waals surface area contributed by atoms with Crippen molar-refractivity contribution in [3.05, 3.63) is 33.9 Å². The van der Waals surface area contributed by atoms with Crippen molar-refractivity contribution in [1.29, 1.82) is 0 Å². The Hall–Kier alpha value is -2.24. The second-order valence-electron chi connectivity index (χ2n) is 7.07. The number of hydrogen-bond donors (Lipinski definition) is 1. The van der Waals surface area contributed by atoms with Crippen molar-refractivity contribution in [3.63, 3.8) is 0 Å². The zero-order valence-electron chi connectivity index (χ0n) is 15.7. The van der Waals surface area contributed by atoms with Crippen LogP contribution in [-0.4, -0.2) is 32.0 Å². The van der Waals surface area contributed by atoms with Crippen molar-refractivity contribution in [2.45, 2.75) is 57.5 Å². The first kappa shape index (κ1) is 22.4. The number of carbonyl (C=O) groups excluding carboxylic acids is 1. The third-order valence-corrected chi connectivity index (χ3v) is 4.97. The molecule has 1 aliphatic rings. The molecule has 1 N–H and O–H groups in total. The van der Waals surface area contributed by atoms with Gasteiger partial charge in [-0.3, -0.25) is 14.2 Å². The summed E-state index contributed by atoms with van der Waals surface area (Å²) in [6.45, 7) is 1.31. The van der Waals surface area contributed by atoms with E-state index in [1.54, 1.807) is 0 Å². The minimum atomic E-state index is -4.72. The standard InChI is InChI=1S/C17H18ClF6N5O/c1-9-7-11(16(19,20)21)26-28(9)6-2-5-25-12(30)8-29-14(10-3-4-10)13(18)15(27-29)17(22,23)24/h7,10H,2-6,8H2,1H3,(H,25,30). The molecule has 2 aromatic heterocycles. The maximum absolute atomic E-state index is 13.0. The van der Waals surface area contributed by atoms with E-state index in [-0.39, 0.29) is 31.1 Å². The maximum atomic E-state index is 13.0. The SMILES string of the molecule is Cc1cc(C(F)(F)F)nn1CCCNC(=O)Cn1nc(C(F)(F)F)c(Cl)c1C1CC1. The van der Waals surface area contributed by atoms with Crippen molar-refractivity contribution < 1.29 is 31.1 Å². The van der Waals surface area contributed by atoms with Crippen LogP contribution in [0.4, 0.5) is 26.3 Å². The van der Waals surface area contributed by atoms with Crippen LogP contribution in [0.25, 0.3) is 0 Å². The van der Waals surface area contributed by atoms with E-state index in [1.165, 1.54) is 11.6 Å². The van der Waals surface area contributed by atoms with Crippen LogP contribution >= 0.6 is 11.6 Å². The number of amides is 1. The largest absolute Gasteiger partial charge is 0.436 e. The number of halogens is 7. The van der Waals surface area contributed by atoms with E-state index in [9.17, 15) is 31.1 Å². The van der Waals surface area contributed by atoms with Gasteiger partial charge < -0.3 is 5.32 Å². The molecule has 0 bridgehead atoms. The van der Waals surface area contributed by atoms with E-state index < -0.39 is 41.2 Å². The Balaban J connectivity index is 1.55. The molecular weight excluding hydrogens is 440 g/mol. The first-order chi connectivity index (χ1) is 13.9. The van der Waals surface area contributed by atoms with Gasteiger partial charge in [0, 0.05) is 24.7 Å². The first-order valence-corrected chi connectivity index (χ1v) is 9.47. The molecule has 2 heterocycles.